The molecule has 4 N–H and O–H groups in total. The number of hydrogen-bond donors (Lipinski definition) is 4. The molecule has 2 amide bonds. The van der Waals surface area contributed by atoms with Crippen molar-refractivity contribution in [3.05, 3.63) is 51.8 Å². The first kappa shape index (κ1) is 24.2. The van der Waals surface area contributed by atoms with Gasteiger partial charge in [-0.2, -0.15) is 0 Å². The zero-order valence-corrected chi connectivity index (χ0v) is 19.5. The molecule has 184 valence electrons. The number of fused-ring (bicyclic) bond motifs is 1. The molecule has 11 heteroatoms. The van der Waals surface area contributed by atoms with Gasteiger partial charge in [-0.05, 0) is 57.2 Å². The van der Waals surface area contributed by atoms with Gasteiger partial charge in [-0.15, -0.1) is 0 Å². The summed E-state index contributed by atoms with van der Waals surface area (Å²) in [7, 11) is 0. The Morgan fingerprint density at radius 2 is 1.71 bits per heavy atom. The maximum Gasteiger partial charge on any atom is 0.293 e. The highest BCUT2D eigenvalue weighted by Crippen LogP contribution is 2.37. The van der Waals surface area contributed by atoms with Crippen LogP contribution in [0.2, 0.25) is 0 Å². The van der Waals surface area contributed by atoms with E-state index < -0.39 is 34.8 Å². The molecule has 0 unspecified atom stereocenters. The van der Waals surface area contributed by atoms with Gasteiger partial charge in [0.25, 0.3) is 17.6 Å². The summed E-state index contributed by atoms with van der Waals surface area (Å²) in [5, 5.41) is 20.4. The van der Waals surface area contributed by atoms with Crippen LogP contribution in [0.4, 0.5) is 14.5 Å². The molecular weight excluding hydrogens is 460 g/mol. The summed E-state index contributed by atoms with van der Waals surface area (Å²) in [6, 6.07) is 2.03. The van der Waals surface area contributed by atoms with Gasteiger partial charge in [0, 0.05) is 30.4 Å². The molecule has 0 spiro atoms. The normalized spacial score (nSPS) is 15.2. The largest absolute Gasteiger partial charge is 0.428 e. The average Bonchev–Trinajstić information content (AvgIpc) is 3.31. The van der Waals surface area contributed by atoms with Gasteiger partial charge >= 0.3 is 0 Å². The molecule has 4 rings (SSSR count). The van der Waals surface area contributed by atoms with Gasteiger partial charge in [0.1, 0.15) is 22.9 Å². The zero-order valence-electron chi connectivity index (χ0n) is 19.5. The number of nitrogens with one attached hydrogen (secondary N) is 4. The fraction of sp³-hybridized carbons (Fsp3) is 0.375. The second-order valence-corrected chi connectivity index (χ2v) is 8.92. The van der Waals surface area contributed by atoms with Crippen molar-refractivity contribution in [2.45, 2.75) is 58.5 Å². The number of benzene rings is 1. The van der Waals surface area contributed by atoms with Crippen LogP contribution in [-0.2, 0) is 22.5 Å². The Morgan fingerprint density at radius 3 is 2.29 bits per heavy atom. The monoisotopic (exact) mass is 485 g/mol. The smallest absolute Gasteiger partial charge is 0.293 e. The average molecular weight is 485 g/mol. The van der Waals surface area contributed by atoms with Crippen LogP contribution in [0.25, 0.3) is 0 Å². The first-order valence-electron chi connectivity index (χ1n) is 11.1. The molecule has 1 aliphatic heterocycles. The van der Waals surface area contributed by atoms with Gasteiger partial charge < -0.3 is 19.9 Å². The van der Waals surface area contributed by atoms with Crippen molar-refractivity contribution in [2.75, 3.05) is 5.32 Å². The van der Waals surface area contributed by atoms with Crippen LogP contribution in [0, 0.1) is 36.3 Å². The first-order valence-corrected chi connectivity index (χ1v) is 11.1. The number of nitrogens with zero attached hydrogens (tertiary/aromatic N) is 1. The van der Waals surface area contributed by atoms with Crippen molar-refractivity contribution in [1.29, 1.82) is 10.8 Å². The number of anilines is 1. The minimum atomic E-state index is -1.12. The zero-order chi connectivity index (χ0) is 25.7. The third kappa shape index (κ3) is 4.33. The van der Waals surface area contributed by atoms with Gasteiger partial charge in [-0.3, -0.25) is 25.2 Å². The van der Waals surface area contributed by atoms with Gasteiger partial charge in [-0.25, -0.2) is 8.78 Å². The van der Waals surface area contributed by atoms with E-state index in [2.05, 4.69) is 10.6 Å². The SMILES string of the molecule is CC(=N)OC(=N)C1(NC(=O)C(=O)c2c(C)c(C(=O)Nc3cc(F)c(C)c(F)c3)n3c2CCC3)CC1. The number of carbonyl (C=O) groups excluding carboxylic acids is 3. The third-order valence-corrected chi connectivity index (χ3v) is 6.39. The number of halogens is 2. The van der Waals surface area contributed by atoms with E-state index in [0.29, 0.717) is 37.9 Å². The minimum absolute atomic E-state index is 0.0650. The maximum absolute atomic E-state index is 13.9. The molecule has 1 aromatic heterocycles. The lowest BCUT2D eigenvalue weighted by Gasteiger charge is -2.17. The molecule has 2 aliphatic rings. The fourth-order valence-corrected chi connectivity index (χ4v) is 4.39. The van der Waals surface area contributed by atoms with Crippen LogP contribution in [-0.4, -0.2) is 39.5 Å². The van der Waals surface area contributed by atoms with Crippen LogP contribution >= 0.6 is 0 Å². The molecular formula is C24H25F2N5O4. The maximum atomic E-state index is 13.9. The van der Waals surface area contributed by atoms with Crippen LogP contribution in [0.15, 0.2) is 12.1 Å². The Bertz CT molecular complexity index is 1290. The lowest BCUT2D eigenvalue weighted by molar-refractivity contribution is -0.117. The third-order valence-electron chi connectivity index (χ3n) is 6.39. The number of hydrogen-bond acceptors (Lipinski definition) is 6. The summed E-state index contributed by atoms with van der Waals surface area (Å²) in [6.07, 6.45) is 1.95. The van der Waals surface area contributed by atoms with Crippen LogP contribution in [0.5, 0.6) is 0 Å². The Labute approximate surface area is 199 Å². The number of amides is 2. The Kier molecular flexibility index (Phi) is 6.04. The highest BCUT2D eigenvalue weighted by molar-refractivity contribution is 6.44. The summed E-state index contributed by atoms with van der Waals surface area (Å²) in [5.41, 5.74) is -0.262. The van der Waals surface area contributed by atoms with Crippen LogP contribution < -0.4 is 10.6 Å². The molecule has 1 fully saturated rings. The first-order chi connectivity index (χ1) is 16.4. The van der Waals surface area contributed by atoms with Gasteiger partial charge in [0.05, 0.1) is 5.56 Å². The standard InChI is InChI=1S/C24H25F2N5O4/c1-11-15(25)9-14(10-16(11)26)29-21(33)19-12(2)18(17-5-4-8-31(17)19)20(32)22(34)30-24(6-7-24)23(28)35-13(3)27/h9-10,27-28H,4-8H2,1-3H3,(H,29,33)(H,30,34). The van der Waals surface area contributed by atoms with Crippen molar-refractivity contribution in [3.63, 3.8) is 0 Å². The van der Waals surface area contributed by atoms with E-state index in [9.17, 15) is 23.2 Å². The van der Waals surface area contributed by atoms with E-state index in [1.165, 1.54) is 13.8 Å². The number of Topliss-reactive ketones (excluding diaryl/α,β-unsaturated/α-hetero) is 1. The van der Waals surface area contributed by atoms with Crippen LogP contribution in [0.1, 0.15) is 63.9 Å². The quantitative estimate of drug-likeness (QED) is 0.216. The predicted octanol–water partition coefficient (Wildman–Crippen LogP) is 3.40. The predicted molar refractivity (Wildman–Crippen MR) is 123 cm³/mol. The molecule has 1 saturated carbocycles. The molecule has 2 heterocycles. The Morgan fingerprint density at radius 1 is 1.09 bits per heavy atom. The Balaban J connectivity index is 1.60. The molecule has 0 radical (unpaired) electrons. The molecule has 35 heavy (non-hydrogen) atoms. The summed E-state index contributed by atoms with van der Waals surface area (Å²) < 4.78 is 34.5. The van der Waals surface area contributed by atoms with E-state index >= 15 is 0 Å². The molecule has 0 atom stereocenters. The topological polar surface area (TPSA) is 137 Å². The van der Waals surface area contributed by atoms with E-state index in [-0.39, 0.29) is 39.9 Å². The van der Waals surface area contributed by atoms with E-state index in [0.717, 1.165) is 12.1 Å². The van der Waals surface area contributed by atoms with E-state index in [4.69, 9.17) is 15.6 Å². The van der Waals surface area contributed by atoms with Crippen molar-refractivity contribution in [1.82, 2.24) is 9.88 Å². The second-order valence-electron chi connectivity index (χ2n) is 8.92. The van der Waals surface area contributed by atoms with Gasteiger partial charge in [0.2, 0.25) is 5.90 Å². The van der Waals surface area contributed by atoms with Crippen molar-refractivity contribution >= 4 is 35.1 Å². The van der Waals surface area contributed by atoms with Gasteiger partial charge in [0.15, 0.2) is 5.90 Å². The number of rotatable bonds is 6. The van der Waals surface area contributed by atoms with E-state index in [1.54, 1.807) is 11.5 Å². The summed E-state index contributed by atoms with van der Waals surface area (Å²) in [5.74, 6) is -4.53. The summed E-state index contributed by atoms with van der Waals surface area (Å²) in [4.78, 5) is 39.1. The molecule has 1 aliphatic carbocycles. The molecule has 0 bridgehead atoms. The molecule has 0 saturated heterocycles. The molecule has 2 aromatic rings. The number of ether oxygens (including phenoxy) is 1. The lowest BCUT2D eigenvalue weighted by atomic mass is 10.0. The summed E-state index contributed by atoms with van der Waals surface area (Å²) >= 11 is 0. The van der Waals surface area contributed by atoms with E-state index in [1.807, 2.05) is 0 Å². The highest BCUT2D eigenvalue weighted by atomic mass is 19.1. The molecule has 9 nitrogen and oxygen atoms in total. The summed E-state index contributed by atoms with van der Waals surface area (Å²) in [6.45, 7) is 4.64. The van der Waals surface area contributed by atoms with Crippen LogP contribution in [0.3, 0.4) is 0 Å². The van der Waals surface area contributed by atoms with Crippen molar-refractivity contribution in [2.24, 2.45) is 0 Å². The van der Waals surface area contributed by atoms with Crippen molar-refractivity contribution < 1.29 is 27.9 Å². The lowest BCUT2D eigenvalue weighted by Crippen LogP contribution is -2.47. The number of carbonyl (C=O) groups is 3. The fourth-order valence-electron chi connectivity index (χ4n) is 4.39. The van der Waals surface area contributed by atoms with Gasteiger partial charge in [-0.1, -0.05) is 0 Å². The van der Waals surface area contributed by atoms with Crippen molar-refractivity contribution in [3.8, 4) is 0 Å². The molecule has 1 aromatic carbocycles. The Hall–Kier alpha value is -3.89. The number of aromatic nitrogens is 1. The minimum Gasteiger partial charge on any atom is -0.428 e. The highest BCUT2D eigenvalue weighted by Gasteiger charge is 2.51. The second kappa shape index (κ2) is 8.71. The number of ketones is 1.